The first kappa shape index (κ1) is 15.6. The van der Waals surface area contributed by atoms with Crippen LogP contribution in [-0.4, -0.2) is 31.1 Å². The van der Waals surface area contributed by atoms with Crippen LogP contribution in [0.25, 0.3) is 0 Å². The Morgan fingerprint density at radius 3 is 2.83 bits per heavy atom. The van der Waals surface area contributed by atoms with Crippen molar-refractivity contribution < 1.29 is 9.53 Å². The van der Waals surface area contributed by atoms with E-state index >= 15 is 0 Å². The molecule has 2 N–H and O–H groups in total. The number of nitrogens with two attached hydrogens (primary N) is 1. The average molecular weight is 332 g/mol. The lowest BCUT2D eigenvalue weighted by Gasteiger charge is -2.49. The molecule has 0 spiro atoms. The lowest BCUT2D eigenvalue weighted by atomic mass is 9.74. The maximum absolute atomic E-state index is 12.0. The highest BCUT2D eigenvalue weighted by molar-refractivity contribution is 6.33. The second-order valence-electron chi connectivity index (χ2n) is 5.84. The van der Waals surface area contributed by atoms with Crippen molar-refractivity contribution in [2.75, 3.05) is 25.1 Å². The Morgan fingerprint density at radius 2 is 2.17 bits per heavy atom. The van der Waals surface area contributed by atoms with E-state index in [0.29, 0.717) is 30.4 Å². The minimum atomic E-state index is -0.604. The molecule has 2 heterocycles. The van der Waals surface area contributed by atoms with Crippen LogP contribution in [0.2, 0.25) is 5.02 Å². The number of ether oxygens (including phenoxy) is 1. The molecule has 120 valence electrons. The highest BCUT2D eigenvalue weighted by atomic mass is 35.5. The third-order valence-corrected chi connectivity index (χ3v) is 4.52. The van der Waals surface area contributed by atoms with Gasteiger partial charge in [-0.05, 0) is 36.2 Å². The van der Waals surface area contributed by atoms with Crippen LogP contribution >= 0.6 is 11.6 Å². The number of benzene rings is 1. The van der Waals surface area contributed by atoms with Crippen molar-refractivity contribution in [3.05, 3.63) is 53.2 Å². The molecule has 1 saturated heterocycles. The van der Waals surface area contributed by atoms with Crippen molar-refractivity contribution in [2.45, 2.75) is 6.42 Å². The molecule has 1 aromatic heterocycles. The Morgan fingerprint density at radius 1 is 1.39 bits per heavy atom. The van der Waals surface area contributed by atoms with Gasteiger partial charge < -0.3 is 15.4 Å². The standard InChI is InChI=1S/C17H18ClN3O2/c1-23-13-5-2-4-12(8-13)9-17(16(19)22)10-21(11-17)15-14(18)6-3-7-20-15/h2-8H,9-11H2,1H3,(H2,19,22). The molecule has 1 aliphatic rings. The van der Waals surface area contributed by atoms with Gasteiger partial charge in [0.15, 0.2) is 0 Å². The van der Waals surface area contributed by atoms with E-state index in [-0.39, 0.29) is 5.91 Å². The number of hydrogen-bond acceptors (Lipinski definition) is 4. The number of carbonyl (C=O) groups excluding carboxylic acids is 1. The van der Waals surface area contributed by atoms with E-state index in [2.05, 4.69) is 4.98 Å². The van der Waals surface area contributed by atoms with E-state index in [4.69, 9.17) is 22.1 Å². The fourth-order valence-corrected chi connectivity index (χ4v) is 3.21. The molecule has 0 saturated carbocycles. The third kappa shape index (κ3) is 2.97. The van der Waals surface area contributed by atoms with Crippen molar-refractivity contribution in [1.29, 1.82) is 0 Å². The molecule has 0 atom stereocenters. The summed E-state index contributed by atoms with van der Waals surface area (Å²) in [7, 11) is 1.62. The van der Waals surface area contributed by atoms with Crippen LogP contribution in [0.3, 0.4) is 0 Å². The van der Waals surface area contributed by atoms with Gasteiger partial charge in [-0.3, -0.25) is 4.79 Å². The fourth-order valence-electron chi connectivity index (χ4n) is 2.97. The molecular formula is C17H18ClN3O2. The number of nitrogens with zero attached hydrogens (tertiary/aromatic N) is 2. The first-order valence-corrected chi connectivity index (χ1v) is 7.70. The van der Waals surface area contributed by atoms with Crippen LogP contribution in [0.4, 0.5) is 5.82 Å². The summed E-state index contributed by atoms with van der Waals surface area (Å²) in [5, 5.41) is 0.576. The van der Waals surface area contributed by atoms with E-state index in [9.17, 15) is 4.79 Å². The van der Waals surface area contributed by atoms with Crippen LogP contribution < -0.4 is 15.4 Å². The SMILES string of the molecule is COc1cccc(CC2(C(N)=O)CN(c3ncccc3Cl)C2)c1. The number of amides is 1. The topological polar surface area (TPSA) is 68.5 Å². The molecule has 2 aromatic rings. The van der Waals surface area contributed by atoms with Gasteiger partial charge in [0.05, 0.1) is 17.5 Å². The predicted octanol–water partition coefficient (Wildman–Crippen LogP) is 2.28. The normalized spacial score (nSPS) is 15.8. The molecule has 1 amide bonds. The first-order chi connectivity index (χ1) is 11.0. The highest BCUT2D eigenvalue weighted by Crippen LogP contribution is 2.39. The summed E-state index contributed by atoms with van der Waals surface area (Å²) >= 11 is 6.17. The Kier molecular flexibility index (Phi) is 4.13. The monoisotopic (exact) mass is 331 g/mol. The predicted molar refractivity (Wildman–Crippen MR) is 89.8 cm³/mol. The number of carbonyl (C=O) groups is 1. The Bertz CT molecular complexity index is 729. The zero-order chi connectivity index (χ0) is 16.4. The van der Waals surface area contributed by atoms with Crippen molar-refractivity contribution in [1.82, 2.24) is 4.98 Å². The quantitative estimate of drug-likeness (QED) is 0.912. The molecule has 3 rings (SSSR count). The summed E-state index contributed by atoms with van der Waals surface area (Å²) in [5.74, 6) is 1.16. The maximum Gasteiger partial charge on any atom is 0.227 e. The number of hydrogen-bond donors (Lipinski definition) is 1. The molecule has 23 heavy (non-hydrogen) atoms. The lowest BCUT2D eigenvalue weighted by Crippen LogP contribution is -2.64. The molecule has 0 radical (unpaired) electrons. The Balaban J connectivity index is 1.78. The van der Waals surface area contributed by atoms with Crippen LogP contribution in [0.15, 0.2) is 42.6 Å². The minimum absolute atomic E-state index is 0.302. The number of methoxy groups -OCH3 is 1. The van der Waals surface area contributed by atoms with Crippen LogP contribution in [0.1, 0.15) is 5.56 Å². The summed E-state index contributed by atoms with van der Waals surface area (Å²) in [4.78, 5) is 18.3. The smallest absolute Gasteiger partial charge is 0.227 e. The number of anilines is 1. The van der Waals surface area contributed by atoms with Gasteiger partial charge in [-0.15, -0.1) is 0 Å². The van der Waals surface area contributed by atoms with Gasteiger partial charge in [-0.25, -0.2) is 4.98 Å². The second-order valence-corrected chi connectivity index (χ2v) is 6.24. The molecule has 0 bridgehead atoms. The molecule has 5 nitrogen and oxygen atoms in total. The number of aromatic nitrogens is 1. The number of rotatable bonds is 5. The first-order valence-electron chi connectivity index (χ1n) is 7.32. The zero-order valence-corrected chi connectivity index (χ0v) is 13.6. The Labute approximate surface area is 140 Å². The number of primary amides is 1. The van der Waals surface area contributed by atoms with Crippen LogP contribution in [-0.2, 0) is 11.2 Å². The second kappa shape index (κ2) is 6.08. The molecule has 1 aliphatic heterocycles. The summed E-state index contributed by atoms with van der Waals surface area (Å²) in [6.07, 6.45) is 2.26. The average Bonchev–Trinajstić information content (AvgIpc) is 2.51. The largest absolute Gasteiger partial charge is 0.497 e. The summed E-state index contributed by atoms with van der Waals surface area (Å²) in [6.45, 7) is 1.02. The van der Waals surface area contributed by atoms with Crippen molar-refractivity contribution in [3.8, 4) is 5.75 Å². The summed E-state index contributed by atoms with van der Waals surface area (Å²) in [5.41, 5.74) is 6.10. The van der Waals surface area contributed by atoms with E-state index in [1.807, 2.05) is 29.2 Å². The Hall–Kier alpha value is -2.27. The molecular weight excluding hydrogens is 314 g/mol. The van der Waals surface area contributed by atoms with Crippen LogP contribution in [0, 0.1) is 5.41 Å². The summed E-state index contributed by atoms with van der Waals surface area (Å²) in [6, 6.07) is 11.3. The van der Waals surface area contributed by atoms with Gasteiger partial charge >= 0.3 is 0 Å². The van der Waals surface area contributed by atoms with Gasteiger partial charge in [0.25, 0.3) is 0 Å². The fraction of sp³-hybridized carbons (Fsp3) is 0.294. The van der Waals surface area contributed by atoms with E-state index < -0.39 is 5.41 Å². The van der Waals surface area contributed by atoms with E-state index in [1.54, 1.807) is 25.4 Å². The van der Waals surface area contributed by atoms with Crippen molar-refractivity contribution in [3.63, 3.8) is 0 Å². The van der Waals surface area contributed by atoms with Gasteiger partial charge in [0.2, 0.25) is 5.91 Å². The maximum atomic E-state index is 12.0. The minimum Gasteiger partial charge on any atom is -0.497 e. The molecule has 0 aliphatic carbocycles. The number of pyridine rings is 1. The zero-order valence-electron chi connectivity index (χ0n) is 12.8. The van der Waals surface area contributed by atoms with E-state index in [1.165, 1.54) is 0 Å². The van der Waals surface area contributed by atoms with E-state index in [0.717, 1.165) is 11.3 Å². The van der Waals surface area contributed by atoms with Gasteiger partial charge in [0, 0.05) is 19.3 Å². The lowest BCUT2D eigenvalue weighted by molar-refractivity contribution is -0.129. The van der Waals surface area contributed by atoms with Gasteiger partial charge in [0.1, 0.15) is 11.6 Å². The number of halogens is 1. The third-order valence-electron chi connectivity index (χ3n) is 4.22. The highest BCUT2D eigenvalue weighted by Gasteiger charge is 2.49. The summed E-state index contributed by atoms with van der Waals surface area (Å²) < 4.78 is 5.23. The molecule has 6 heteroatoms. The van der Waals surface area contributed by atoms with Gasteiger partial charge in [-0.2, -0.15) is 0 Å². The van der Waals surface area contributed by atoms with Gasteiger partial charge in [-0.1, -0.05) is 23.7 Å². The van der Waals surface area contributed by atoms with Crippen LogP contribution in [0.5, 0.6) is 5.75 Å². The molecule has 1 aromatic carbocycles. The van der Waals surface area contributed by atoms with Crippen molar-refractivity contribution >= 4 is 23.3 Å². The molecule has 1 fully saturated rings. The molecule has 0 unspecified atom stereocenters. The van der Waals surface area contributed by atoms with Crippen molar-refractivity contribution in [2.24, 2.45) is 11.1 Å².